The Morgan fingerprint density at radius 3 is 2.70 bits per heavy atom. The number of thiophene rings is 1. The zero-order valence-electron chi connectivity index (χ0n) is 15.7. The molecule has 3 aromatic heterocycles. The molecule has 0 bridgehead atoms. The molecule has 0 aliphatic carbocycles. The number of aryl methyl sites for hydroxylation is 1. The molecule has 0 aliphatic heterocycles. The fourth-order valence-corrected chi connectivity index (χ4v) is 4.39. The average Bonchev–Trinajstić information content (AvgIpc) is 3.16. The number of hydrogen-bond donors (Lipinski definition) is 1. The summed E-state index contributed by atoms with van der Waals surface area (Å²) in [6.45, 7) is 1.77. The van der Waals surface area contributed by atoms with Gasteiger partial charge in [-0.3, -0.25) is 18.7 Å². The number of benzene rings is 1. The van der Waals surface area contributed by atoms with Crippen LogP contribution < -0.4 is 16.8 Å². The summed E-state index contributed by atoms with van der Waals surface area (Å²) >= 11 is 7.54. The molecule has 4 aromatic rings. The van der Waals surface area contributed by atoms with Gasteiger partial charge in [0, 0.05) is 34.3 Å². The predicted molar refractivity (Wildman–Crippen MR) is 115 cm³/mol. The van der Waals surface area contributed by atoms with Crippen LogP contribution in [0.1, 0.15) is 18.3 Å². The van der Waals surface area contributed by atoms with Crippen LogP contribution in [0.5, 0.6) is 0 Å². The van der Waals surface area contributed by atoms with E-state index in [1.807, 2.05) is 12.1 Å². The summed E-state index contributed by atoms with van der Waals surface area (Å²) in [4.78, 5) is 45.4. The van der Waals surface area contributed by atoms with Crippen molar-refractivity contribution in [2.24, 2.45) is 0 Å². The molecule has 150 valence electrons. The summed E-state index contributed by atoms with van der Waals surface area (Å²) in [6, 6.07) is 8.98. The van der Waals surface area contributed by atoms with Crippen LogP contribution in [-0.4, -0.2) is 19.1 Å². The van der Waals surface area contributed by atoms with Crippen LogP contribution in [0.15, 0.2) is 50.2 Å². The zero-order chi connectivity index (χ0) is 21.4. The van der Waals surface area contributed by atoms with Crippen LogP contribution in [0.2, 0.25) is 5.02 Å². The van der Waals surface area contributed by atoms with Crippen molar-refractivity contribution in [3.05, 3.63) is 83.4 Å². The van der Waals surface area contributed by atoms with Gasteiger partial charge >= 0.3 is 5.69 Å². The first kappa shape index (κ1) is 19.8. The van der Waals surface area contributed by atoms with Crippen LogP contribution in [0.3, 0.4) is 0 Å². The van der Waals surface area contributed by atoms with E-state index in [-0.39, 0.29) is 17.9 Å². The number of hydrogen-bond acceptors (Lipinski definition) is 6. The maximum absolute atomic E-state index is 12.8. The number of nitrogens with zero attached hydrogens (tertiary/aromatic N) is 4. The maximum Gasteiger partial charge on any atom is 0.331 e. The molecule has 0 saturated carbocycles. The first-order valence-electron chi connectivity index (χ1n) is 8.94. The maximum atomic E-state index is 12.8. The number of aromatic nitrogens is 4. The van der Waals surface area contributed by atoms with Gasteiger partial charge in [-0.15, -0.1) is 11.3 Å². The van der Waals surface area contributed by atoms with Crippen LogP contribution >= 0.6 is 22.9 Å². The number of H-pyrrole nitrogens is 1. The second kappa shape index (κ2) is 7.74. The third kappa shape index (κ3) is 3.26. The van der Waals surface area contributed by atoms with Gasteiger partial charge < -0.3 is 4.98 Å². The van der Waals surface area contributed by atoms with E-state index in [9.17, 15) is 19.6 Å². The first-order chi connectivity index (χ1) is 14.4. The van der Waals surface area contributed by atoms with Crippen molar-refractivity contribution in [3.63, 3.8) is 0 Å². The lowest BCUT2D eigenvalue weighted by atomic mass is 10.1. The Labute approximate surface area is 178 Å². The van der Waals surface area contributed by atoms with Crippen molar-refractivity contribution >= 4 is 33.2 Å². The largest absolute Gasteiger partial charge is 0.331 e. The number of rotatable bonds is 4. The van der Waals surface area contributed by atoms with E-state index in [4.69, 9.17) is 11.6 Å². The molecule has 30 heavy (non-hydrogen) atoms. The Morgan fingerprint density at radius 1 is 1.23 bits per heavy atom. The quantitative estimate of drug-likeness (QED) is 0.525. The van der Waals surface area contributed by atoms with E-state index in [2.05, 4.69) is 9.97 Å². The minimum atomic E-state index is -0.724. The van der Waals surface area contributed by atoms with Crippen molar-refractivity contribution < 1.29 is 0 Å². The Kier molecular flexibility index (Phi) is 5.11. The van der Waals surface area contributed by atoms with Gasteiger partial charge in [-0.2, -0.15) is 5.26 Å². The van der Waals surface area contributed by atoms with Crippen molar-refractivity contribution in [1.29, 1.82) is 5.26 Å². The molecule has 1 N–H and O–H groups in total. The molecule has 0 spiro atoms. The highest BCUT2D eigenvalue weighted by Gasteiger charge is 2.17. The third-order valence-corrected chi connectivity index (χ3v) is 5.86. The standard InChI is InChI=1S/C20H14ClN5O3S/c1-2-25-8-11(7-22)19(28)26(20(25)29)9-15-23-17(27)16-13(10-30-18(16)24-15)12-5-3-4-6-14(12)21/h3-6,8,10H,2,9H2,1H3,(H,23,24,27). The third-order valence-electron chi connectivity index (χ3n) is 4.66. The van der Waals surface area contributed by atoms with E-state index < -0.39 is 16.8 Å². The summed E-state index contributed by atoms with van der Waals surface area (Å²) in [5.74, 6) is 0.150. The summed E-state index contributed by atoms with van der Waals surface area (Å²) in [6.07, 6.45) is 1.23. The normalized spacial score (nSPS) is 11.0. The Hall–Kier alpha value is -3.48. The highest BCUT2D eigenvalue weighted by Crippen LogP contribution is 2.34. The molecule has 0 atom stereocenters. The molecule has 0 unspecified atom stereocenters. The molecule has 4 rings (SSSR count). The minimum Gasteiger partial charge on any atom is -0.308 e. The molecule has 0 fully saturated rings. The lowest BCUT2D eigenvalue weighted by Gasteiger charge is -2.09. The van der Waals surface area contributed by atoms with Crippen LogP contribution in [0.4, 0.5) is 0 Å². The molecule has 8 nitrogen and oxygen atoms in total. The molecule has 1 aromatic carbocycles. The number of nitriles is 1. The number of halogens is 1. The van der Waals surface area contributed by atoms with Crippen molar-refractivity contribution in [1.82, 2.24) is 19.1 Å². The number of fused-ring (bicyclic) bond motifs is 1. The van der Waals surface area contributed by atoms with Gasteiger partial charge in [0.2, 0.25) is 0 Å². The predicted octanol–water partition coefficient (Wildman–Crippen LogP) is 2.57. The van der Waals surface area contributed by atoms with Crippen LogP contribution in [0, 0.1) is 11.3 Å². The Balaban J connectivity index is 1.85. The molecule has 0 radical (unpaired) electrons. The summed E-state index contributed by atoms with van der Waals surface area (Å²) < 4.78 is 2.16. The monoisotopic (exact) mass is 439 g/mol. The van der Waals surface area contributed by atoms with Gasteiger partial charge in [0.05, 0.1) is 11.9 Å². The average molecular weight is 440 g/mol. The Morgan fingerprint density at radius 2 is 2.00 bits per heavy atom. The molecule has 10 heteroatoms. The van der Waals surface area contributed by atoms with Crippen molar-refractivity contribution in [3.8, 4) is 17.2 Å². The van der Waals surface area contributed by atoms with Gasteiger partial charge in [0.25, 0.3) is 11.1 Å². The van der Waals surface area contributed by atoms with Crippen LogP contribution in [0.25, 0.3) is 21.3 Å². The fraction of sp³-hybridized carbons (Fsp3) is 0.150. The second-order valence-electron chi connectivity index (χ2n) is 6.44. The van der Waals surface area contributed by atoms with Gasteiger partial charge in [-0.25, -0.2) is 9.78 Å². The Bertz CT molecular complexity index is 1510. The number of nitrogens with one attached hydrogen (secondary N) is 1. The lowest BCUT2D eigenvalue weighted by Crippen LogP contribution is -2.41. The van der Waals surface area contributed by atoms with E-state index in [0.29, 0.717) is 32.9 Å². The zero-order valence-corrected chi connectivity index (χ0v) is 17.3. The fourth-order valence-electron chi connectivity index (χ4n) is 3.19. The lowest BCUT2D eigenvalue weighted by molar-refractivity contribution is 0.585. The number of aromatic amines is 1. The highest BCUT2D eigenvalue weighted by atomic mass is 35.5. The molecule has 0 amide bonds. The first-order valence-corrected chi connectivity index (χ1v) is 10.2. The van der Waals surface area contributed by atoms with Gasteiger partial charge in [0.15, 0.2) is 0 Å². The molecule has 3 heterocycles. The topological polar surface area (TPSA) is 114 Å². The molecular formula is C20H14ClN5O3S. The van der Waals surface area contributed by atoms with E-state index in [0.717, 1.165) is 4.57 Å². The van der Waals surface area contributed by atoms with Crippen LogP contribution in [-0.2, 0) is 13.1 Å². The minimum absolute atomic E-state index is 0.150. The summed E-state index contributed by atoms with van der Waals surface area (Å²) in [5, 5.41) is 11.9. The summed E-state index contributed by atoms with van der Waals surface area (Å²) in [5.41, 5.74) is -0.472. The van der Waals surface area contributed by atoms with Gasteiger partial charge in [-0.1, -0.05) is 29.8 Å². The SMILES string of the molecule is CCn1cc(C#N)c(=O)n(Cc2nc3scc(-c4ccccc4Cl)c3c(=O)[nH]2)c1=O. The molecular weight excluding hydrogens is 426 g/mol. The summed E-state index contributed by atoms with van der Waals surface area (Å²) in [7, 11) is 0. The smallest absolute Gasteiger partial charge is 0.308 e. The van der Waals surface area contributed by atoms with Crippen molar-refractivity contribution in [2.45, 2.75) is 20.0 Å². The molecule has 0 aliphatic rings. The highest BCUT2D eigenvalue weighted by molar-refractivity contribution is 7.17. The van der Waals surface area contributed by atoms with E-state index in [1.54, 1.807) is 30.5 Å². The van der Waals surface area contributed by atoms with E-state index in [1.165, 1.54) is 22.1 Å². The molecule has 0 saturated heterocycles. The second-order valence-corrected chi connectivity index (χ2v) is 7.70. The van der Waals surface area contributed by atoms with Crippen molar-refractivity contribution in [2.75, 3.05) is 0 Å². The van der Waals surface area contributed by atoms with E-state index >= 15 is 0 Å². The van der Waals surface area contributed by atoms with Gasteiger partial charge in [-0.05, 0) is 13.0 Å². The van der Waals surface area contributed by atoms with Gasteiger partial charge in [0.1, 0.15) is 22.3 Å².